The van der Waals surface area contributed by atoms with Crippen LogP contribution in [0.5, 0.6) is 5.75 Å². The molecule has 2 N–H and O–H groups in total. The number of piperidine rings is 1. The highest BCUT2D eigenvalue weighted by atomic mass is 32.2. The molecular formula is C27H31N3O5S. The second-order valence-electron chi connectivity index (χ2n) is 9.00. The molecule has 0 aromatic heterocycles. The van der Waals surface area contributed by atoms with E-state index in [-0.39, 0.29) is 22.8 Å². The molecule has 3 aromatic carbocycles. The van der Waals surface area contributed by atoms with Gasteiger partial charge in [0, 0.05) is 32.5 Å². The van der Waals surface area contributed by atoms with E-state index in [4.69, 9.17) is 4.74 Å². The van der Waals surface area contributed by atoms with Gasteiger partial charge in [0.25, 0.3) is 0 Å². The number of carbonyl (C=O) groups excluding carboxylic acids is 2. The summed E-state index contributed by atoms with van der Waals surface area (Å²) in [7, 11) is -2.05. The lowest BCUT2D eigenvalue weighted by atomic mass is 10.0. The number of ether oxygens (including phenoxy) is 1. The molecule has 0 unspecified atom stereocenters. The molecule has 0 spiro atoms. The number of benzene rings is 3. The van der Waals surface area contributed by atoms with E-state index in [2.05, 4.69) is 10.6 Å². The van der Waals surface area contributed by atoms with Gasteiger partial charge in [0.1, 0.15) is 11.8 Å². The summed E-state index contributed by atoms with van der Waals surface area (Å²) in [6, 6.07) is 19.2. The molecule has 1 saturated heterocycles. The molecule has 36 heavy (non-hydrogen) atoms. The molecule has 1 fully saturated rings. The monoisotopic (exact) mass is 509 g/mol. The number of carbonyl (C=O) groups is 2. The van der Waals surface area contributed by atoms with Crippen LogP contribution < -0.4 is 15.4 Å². The van der Waals surface area contributed by atoms with E-state index in [0.717, 1.165) is 16.3 Å². The number of amides is 2. The normalized spacial score (nSPS) is 15.8. The van der Waals surface area contributed by atoms with Crippen molar-refractivity contribution in [3.05, 3.63) is 72.3 Å². The van der Waals surface area contributed by atoms with Gasteiger partial charge >= 0.3 is 0 Å². The first-order valence-corrected chi connectivity index (χ1v) is 13.4. The van der Waals surface area contributed by atoms with Gasteiger partial charge in [0.2, 0.25) is 21.8 Å². The maximum atomic E-state index is 13.2. The van der Waals surface area contributed by atoms with Crippen molar-refractivity contribution in [3.63, 3.8) is 0 Å². The Morgan fingerprint density at radius 1 is 1.00 bits per heavy atom. The molecule has 0 bridgehead atoms. The van der Waals surface area contributed by atoms with Gasteiger partial charge in [0.05, 0.1) is 12.0 Å². The van der Waals surface area contributed by atoms with Gasteiger partial charge in [-0.3, -0.25) is 9.59 Å². The minimum absolute atomic E-state index is 0.173. The number of rotatable bonds is 8. The summed E-state index contributed by atoms with van der Waals surface area (Å²) in [5.74, 6) is 0.140. The van der Waals surface area contributed by atoms with E-state index in [1.165, 1.54) is 11.2 Å². The highest BCUT2D eigenvalue weighted by Crippen LogP contribution is 2.24. The number of fused-ring (bicyclic) bond motifs is 1. The Labute approximate surface area is 211 Å². The molecule has 9 heteroatoms. The lowest BCUT2D eigenvalue weighted by Gasteiger charge is -2.32. The van der Waals surface area contributed by atoms with Gasteiger partial charge in [-0.2, -0.15) is 4.31 Å². The van der Waals surface area contributed by atoms with Crippen molar-refractivity contribution in [2.24, 2.45) is 0 Å². The first-order valence-electron chi connectivity index (χ1n) is 12.0. The van der Waals surface area contributed by atoms with Crippen molar-refractivity contribution in [3.8, 4) is 5.75 Å². The molecule has 8 nitrogen and oxygen atoms in total. The highest BCUT2D eigenvalue weighted by Gasteiger charge is 2.31. The maximum Gasteiger partial charge on any atom is 0.243 e. The van der Waals surface area contributed by atoms with Crippen LogP contribution in [0.1, 0.15) is 25.3 Å². The lowest BCUT2D eigenvalue weighted by molar-refractivity contribution is -0.128. The van der Waals surface area contributed by atoms with Gasteiger partial charge in [-0.1, -0.05) is 42.5 Å². The van der Waals surface area contributed by atoms with Crippen LogP contribution in [0.15, 0.2) is 71.6 Å². The Morgan fingerprint density at radius 2 is 1.67 bits per heavy atom. The standard InChI is InChI=1S/C27H31N3O5S/c1-19(31)28-26(17-20-7-10-24(35-2)11-8-20)27(32)29-23-13-15-30(16-14-23)36(33,34)25-12-9-21-5-3-4-6-22(21)18-25/h3-12,18,23,26H,13-17H2,1-2H3,(H,28,31)(H,29,32)/t26-/m1/s1. The average Bonchev–Trinajstić information content (AvgIpc) is 2.88. The predicted molar refractivity (Wildman–Crippen MR) is 138 cm³/mol. The fourth-order valence-corrected chi connectivity index (χ4v) is 5.98. The smallest absolute Gasteiger partial charge is 0.243 e. The van der Waals surface area contributed by atoms with Crippen LogP contribution in [-0.4, -0.2) is 56.8 Å². The zero-order chi connectivity index (χ0) is 25.7. The molecular weight excluding hydrogens is 478 g/mol. The van der Waals surface area contributed by atoms with Gasteiger partial charge < -0.3 is 15.4 Å². The van der Waals surface area contributed by atoms with Crippen LogP contribution in [0.25, 0.3) is 10.8 Å². The van der Waals surface area contributed by atoms with Crippen LogP contribution in [0, 0.1) is 0 Å². The molecule has 0 radical (unpaired) electrons. The fourth-order valence-electron chi connectivity index (χ4n) is 4.47. The van der Waals surface area contributed by atoms with Crippen molar-refractivity contribution < 1.29 is 22.7 Å². The fraction of sp³-hybridized carbons (Fsp3) is 0.333. The van der Waals surface area contributed by atoms with Crippen LogP contribution in [0.3, 0.4) is 0 Å². The summed E-state index contributed by atoms with van der Waals surface area (Å²) >= 11 is 0. The Kier molecular flexibility index (Phi) is 7.91. The summed E-state index contributed by atoms with van der Waals surface area (Å²) in [6.07, 6.45) is 1.33. The van der Waals surface area contributed by atoms with Crippen LogP contribution in [0.2, 0.25) is 0 Å². The maximum absolute atomic E-state index is 13.2. The molecule has 1 heterocycles. The van der Waals surface area contributed by atoms with E-state index in [1.807, 2.05) is 54.6 Å². The summed E-state index contributed by atoms with van der Waals surface area (Å²) < 4.78 is 33.1. The number of nitrogens with one attached hydrogen (secondary N) is 2. The van der Waals surface area contributed by atoms with Gasteiger partial charge in [-0.05, 0) is 53.4 Å². The molecule has 0 aliphatic carbocycles. The van der Waals surface area contributed by atoms with Crippen molar-refractivity contribution in [2.75, 3.05) is 20.2 Å². The largest absolute Gasteiger partial charge is 0.497 e. The first-order chi connectivity index (χ1) is 17.3. The zero-order valence-corrected chi connectivity index (χ0v) is 21.3. The Bertz CT molecular complexity index is 1330. The van der Waals surface area contributed by atoms with E-state index >= 15 is 0 Å². The average molecular weight is 510 g/mol. The van der Waals surface area contributed by atoms with Crippen LogP contribution in [-0.2, 0) is 26.0 Å². The van der Waals surface area contributed by atoms with Gasteiger partial charge in [-0.25, -0.2) is 8.42 Å². The van der Waals surface area contributed by atoms with Crippen molar-refractivity contribution in [2.45, 2.75) is 43.2 Å². The molecule has 190 valence electrons. The summed E-state index contributed by atoms with van der Waals surface area (Å²) in [6.45, 7) is 2.00. The van der Waals surface area contributed by atoms with E-state index in [0.29, 0.717) is 38.1 Å². The molecule has 1 aliphatic heterocycles. The predicted octanol–water partition coefficient (Wildman–Crippen LogP) is 2.87. The van der Waals surface area contributed by atoms with Crippen LogP contribution in [0.4, 0.5) is 0 Å². The van der Waals surface area contributed by atoms with Gasteiger partial charge in [-0.15, -0.1) is 0 Å². The number of methoxy groups -OCH3 is 1. The summed E-state index contributed by atoms with van der Waals surface area (Å²) in [5.41, 5.74) is 0.890. The zero-order valence-electron chi connectivity index (χ0n) is 20.4. The highest BCUT2D eigenvalue weighted by molar-refractivity contribution is 7.89. The molecule has 2 amide bonds. The Morgan fingerprint density at radius 3 is 2.31 bits per heavy atom. The molecule has 1 aliphatic rings. The van der Waals surface area contributed by atoms with Crippen molar-refractivity contribution in [1.82, 2.24) is 14.9 Å². The van der Waals surface area contributed by atoms with E-state index < -0.39 is 16.1 Å². The Balaban J connectivity index is 1.37. The van der Waals surface area contributed by atoms with Gasteiger partial charge in [0.15, 0.2) is 0 Å². The second kappa shape index (κ2) is 11.1. The third-order valence-corrected chi connectivity index (χ3v) is 8.35. The van der Waals surface area contributed by atoms with Crippen molar-refractivity contribution >= 4 is 32.6 Å². The number of nitrogens with zero attached hydrogens (tertiary/aromatic N) is 1. The topological polar surface area (TPSA) is 105 Å². The van der Waals surface area contributed by atoms with E-state index in [9.17, 15) is 18.0 Å². The Hall–Kier alpha value is -3.43. The van der Waals surface area contributed by atoms with Crippen LogP contribution >= 0.6 is 0 Å². The molecule has 3 aromatic rings. The second-order valence-corrected chi connectivity index (χ2v) is 10.9. The minimum atomic E-state index is -3.63. The third-order valence-electron chi connectivity index (χ3n) is 6.45. The SMILES string of the molecule is COc1ccc(C[C@@H](NC(C)=O)C(=O)NC2CCN(S(=O)(=O)c3ccc4ccccc4c3)CC2)cc1. The minimum Gasteiger partial charge on any atom is -0.497 e. The van der Waals surface area contributed by atoms with E-state index in [1.54, 1.807) is 19.2 Å². The van der Waals surface area contributed by atoms with Crippen molar-refractivity contribution in [1.29, 1.82) is 0 Å². The summed E-state index contributed by atoms with van der Waals surface area (Å²) in [5, 5.41) is 7.59. The third kappa shape index (κ3) is 6.03. The lowest BCUT2D eigenvalue weighted by Crippen LogP contribution is -2.53. The number of hydrogen-bond donors (Lipinski definition) is 2. The molecule has 0 saturated carbocycles. The summed E-state index contributed by atoms with van der Waals surface area (Å²) in [4.78, 5) is 25.0. The molecule has 1 atom stereocenters. The quantitative estimate of drug-likeness (QED) is 0.486. The number of hydrogen-bond acceptors (Lipinski definition) is 5. The number of sulfonamides is 1. The first kappa shape index (κ1) is 25.7. The molecule has 4 rings (SSSR count).